The third kappa shape index (κ3) is 11.1. The summed E-state index contributed by atoms with van der Waals surface area (Å²) in [5.41, 5.74) is 6.40. The molecule has 0 bridgehead atoms. The molecular formula is C13H23NOS. The van der Waals surface area contributed by atoms with Gasteiger partial charge in [0.25, 0.3) is 0 Å². The van der Waals surface area contributed by atoms with Gasteiger partial charge in [-0.3, -0.25) is 0 Å². The third-order valence-electron chi connectivity index (χ3n) is 1.36. The van der Waals surface area contributed by atoms with E-state index in [2.05, 4.69) is 12.2 Å². The average molecular weight is 241 g/mol. The van der Waals surface area contributed by atoms with Crippen LogP contribution in [0, 0.1) is 0 Å². The molecule has 1 aromatic carbocycles. The van der Waals surface area contributed by atoms with Crippen LogP contribution in [-0.4, -0.2) is 11.6 Å². The molecule has 0 spiro atoms. The van der Waals surface area contributed by atoms with Crippen LogP contribution >= 0.6 is 12.2 Å². The lowest BCUT2D eigenvalue weighted by Gasteiger charge is -2.01. The second-order valence-electron chi connectivity index (χ2n) is 2.44. The van der Waals surface area contributed by atoms with Gasteiger partial charge in [-0.2, -0.15) is 0 Å². The number of benzene rings is 1. The fourth-order valence-corrected chi connectivity index (χ4v) is 0.927. The van der Waals surface area contributed by atoms with Crippen LogP contribution in [-0.2, 0) is 11.3 Å². The predicted molar refractivity (Wildman–Crippen MR) is 75.6 cm³/mol. The summed E-state index contributed by atoms with van der Waals surface area (Å²) in [5, 5.41) is 0. The van der Waals surface area contributed by atoms with Crippen LogP contribution in [0.2, 0.25) is 0 Å². The maximum atomic E-state index is 5.26. The highest BCUT2D eigenvalue weighted by Gasteiger charge is 1.91. The summed E-state index contributed by atoms with van der Waals surface area (Å²) >= 11 is 4.66. The van der Waals surface area contributed by atoms with Crippen molar-refractivity contribution in [3.8, 4) is 0 Å². The Labute approximate surface area is 105 Å². The molecule has 0 amide bonds. The Bertz CT molecular complexity index is 249. The highest BCUT2D eigenvalue weighted by atomic mass is 32.1. The molecule has 1 rings (SSSR count). The summed E-state index contributed by atoms with van der Waals surface area (Å²) in [6.07, 6.45) is 0. The van der Waals surface area contributed by atoms with Crippen molar-refractivity contribution in [3.05, 3.63) is 35.9 Å². The number of thiocarbonyl (C=S) groups is 1. The van der Waals surface area contributed by atoms with E-state index < -0.39 is 0 Å². The van der Waals surface area contributed by atoms with Crippen LogP contribution in [0.4, 0.5) is 0 Å². The van der Waals surface area contributed by atoms with E-state index in [0.717, 1.165) is 5.56 Å². The molecule has 3 heteroatoms. The van der Waals surface area contributed by atoms with E-state index in [-0.39, 0.29) is 0 Å². The number of nitrogens with two attached hydrogens (primary N) is 1. The molecule has 0 fully saturated rings. The predicted octanol–water partition coefficient (Wildman–Crippen LogP) is 3.54. The molecule has 1 aromatic rings. The Morgan fingerprint density at radius 3 is 2.06 bits per heavy atom. The quantitative estimate of drug-likeness (QED) is 0.819. The standard InChI is InChI=1S/C9H11NOS.2C2H6/c10-9(12)7-11-6-8-4-2-1-3-5-8;2*1-2/h1-5H,6-7H2,(H2,10,12);2*1-2H3. The first-order valence-corrected chi connectivity index (χ1v) is 6.10. The number of hydrogen-bond donors (Lipinski definition) is 1. The lowest BCUT2D eigenvalue weighted by molar-refractivity contribution is 0.159. The minimum absolute atomic E-state index is 0.351. The second kappa shape index (κ2) is 14.1. The fourth-order valence-electron chi connectivity index (χ4n) is 0.844. The van der Waals surface area contributed by atoms with Crippen LogP contribution in [0.15, 0.2) is 30.3 Å². The summed E-state index contributed by atoms with van der Waals surface area (Å²) in [6.45, 7) is 8.92. The zero-order valence-electron chi connectivity index (χ0n) is 10.7. The molecule has 0 atom stereocenters. The van der Waals surface area contributed by atoms with Crippen molar-refractivity contribution in [2.45, 2.75) is 34.3 Å². The van der Waals surface area contributed by atoms with Crippen molar-refractivity contribution >= 4 is 17.2 Å². The number of rotatable bonds is 4. The number of hydrogen-bond acceptors (Lipinski definition) is 2. The van der Waals surface area contributed by atoms with Crippen molar-refractivity contribution < 1.29 is 4.74 Å². The molecule has 0 aliphatic rings. The molecule has 0 saturated heterocycles. The smallest absolute Gasteiger partial charge is 0.0989 e. The van der Waals surface area contributed by atoms with E-state index in [1.807, 2.05) is 58.0 Å². The number of ether oxygens (including phenoxy) is 1. The Kier molecular flexibility index (Phi) is 15.4. The van der Waals surface area contributed by atoms with Gasteiger partial charge in [-0.05, 0) is 5.56 Å². The van der Waals surface area contributed by atoms with Crippen molar-refractivity contribution in [2.75, 3.05) is 6.61 Å². The summed E-state index contributed by atoms with van der Waals surface area (Å²) in [7, 11) is 0. The van der Waals surface area contributed by atoms with Crippen molar-refractivity contribution in [1.29, 1.82) is 0 Å². The molecule has 92 valence electrons. The van der Waals surface area contributed by atoms with E-state index in [0.29, 0.717) is 18.2 Å². The van der Waals surface area contributed by atoms with Crippen molar-refractivity contribution in [1.82, 2.24) is 0 Å². The molecule has 0 heterocycles. The van der Waals surface area contributed by atoms with Crippen molar-refractivity contribution in [2.24, 2.45) is 5.73 Å². The molecule has 0 aliphatic heterocycles. The maximum absolute atomic E-state index is 5.26. The zero-order valence-corrected chi connectivity index (χ0v) is 11.5. The van der Waals surface area contributed by atoms with Gasteiger partial charge in [0.2, 0.25) is 0 Å². The average Bonchev–Trinajstić information content (AvgIpc) is 2.35. The van der Waals surface area contributed by atoms with E-state index in [9.17, 15) is 0 Å². The summed E-state index contributed by atoms with van der Waals surface area (Å²) in [6, 6.07) is 9.91. The van der Waals surface area contributed by atoms with Gasteiger partial charge in [0.05, 0.1) is 18.2 Å². The SMILES string of the molecule is CC.CC.NC(=S)COCc1ccccc1. The van der Waals surface area contributed by atoms with Crippen LogP contribution in [0.1, 0.15) is 33.3 Å². The Morgan fingerprint density at radius 1 is 1.12 bits per heavy atom. The largest absolute Gasteiger partial charge is 0.391 e. The van der Waals surface area contributed by atoms with Crippen LogP contribution in [0.3, 0.4) is 0 Å². The first-order valence-electron chi connectivity index (χ1n) is 5.69. The van der Waals surface area contributed by atoms with Gasteiger partial charge in [0, 0.05) is 0 Å². The molecule has 0 unspecified atom stereocenters. The Morgan fingerprint density at radius 2 is 1.62 bits per heavy atom. The first-order chi connectivity index (χ1) is 7.79. The Balaban J connectivity index is 0. The van der Waals surface area contributed by atoms with Crippen molar-refractivity contribution in [3.63, 3.8) is 0 Å². The summed E-state index contributed by atoms with van der Waals surface area (Å²) in [5.74, 6) is 0. The molecule has 0 aliphatic carbocycles. The van der Waals surface area contributed by atoms with E-state index in [1.54, 1.807) is 0 Å². The molecule has 0 aromatic heterocycles. The highest BCUT2D eigenvalue weighted by Crippen LogP contribution is 1.99. The summed E-state index contributed by atoms with van der Waals surface area (Å²) in [4.78, 5) is 0.394. The van der Waals surface area contributed by atoms with E-state index in [4.69, 9.17) is 10.5 Å². The monoisotopic (exact) mass is 241 g/mol. The zero-order chi connectivity index (χ0) is 12.8. The molecule has 2 nitrogen and oxygen atoms in total. The topological polar surface area (TPSA) is 35.2 Å². The first kappa shape index (κ1) is 17.5. The van der Waals surface area contributed by atoms with Crippen LogP contribution in [0.5, 0.6) is 0 Å². The minimum atomic E-state index is 0.351. The molecule has 2 N–H and O–H groups in total. The summed E-state index contributed by atoms with van der Waals surface area (Å²) < 4.78 is 5.21. The fraction of sp³-hybridized carbons (Fsp3) is 0.462. The van der Waals surface area contributed by atoms with Gasteiger partial charge in [0.1, 0.15) is 0 Å². The van der Waals surface area contributed by atoms with Gasteiger partial charge in [-0.1, -0.05) is 70.2 Å². The molecule has 16 heavy (non-hydrogen) atoms. The molecule has 0 radical (unpaired) electrons. The van der Waals surface area contributed by atoms with Gasteiger partial charge in [-0.15, -0.1) is 0 Å². The van der Waals surface area contributed by atoms with E-state index in [1.165, 1.54) is 0 Å². The van der Waals surface area contributed by atoms with Gasteiger partial charge in [-0.25, -0.2) is 0 Å². The second-order valence-corrected chi connectivity index (χ2v) is 2.97. The third-order valence-corrected chi connectivity index (χ3v) is 1.47. The minimum Gasteiger partial charge on any atom is -0.391 e. The molecule has 0 saturated carbocycles. The Hall–Kier alpha value is -0.930. The normalized spacial score (nSPS) is 8.00. The van der Waals surface area contributed by atoms with Gasteiger partial charge in [0.15, 0.2) is 0 Å². The lowest BCUT2D eigenvalue weighted by atomic mass is 10.2. The van der Waals surface area contributed by atoms with E-state index >= 15 is 0 Å². The lowest BCUT2D eigenvalue weighted by Crippen LogP contribution is -2.15. The molecular weight excluding hydrogens is 218 g/mol. The van der Waals surface area contributed by atoms with Crippen LogP contribution < -0.4 is 5.73 Å². The van der Waals surface area contributed by atoms with Crippen LogP contribution in [0.25, 0.3) is 0 Å². The van der Waals surface area contributed by atoms with Gasteiger partial charge >= 0.3 is 0 Å². The van der Waals surface area contributed by atoms with Gasteiger partial charge < -0.3 is 10.5 Å². The maximum Gasteiger partial charge on any atom is 0.0989 e. The highest BCUT2D eigenvalue weighted by molar-refractivity contribution is 7.80.